The van der Waals surface area contributed by atoms with E-state index in [1.54, 1.807) is 12.3 Å². The van der Waals surface area contributed by atoms with Gasteiger partial charge >= 0.3 is 0 Å². The molecule has 0 radical (unpaired) electrons. The van der Waals surface area contributed by atoms with Crippen LogP contribution in [-0.2, 0) is 11.2 Å². The standard InChI is InChI=1S/C40H48ClN5O2/c1-27(2)23-34(24-29-10-11-29)43-28(3)35-8-4-5-9-38(35)45-19-21-46(22-20-45)40(48)37(25-30-12-15-33(41)16-13-30)44-39(47)32-14-17-36-31(26-32)7-6-18-42-36/h4-9,12-18,26-29,34,37,43H,10-11,19-25H2,1-3H3,(H,44,47). The number of rotatable bonds is 13. The van der Waals surface area contributed by atoms with Gasteiger partial charge in [-0.2, -0.15) is 0 Å². The molecule has 3 aromatic carbocycles. The molecular formula is C40H48ClN5O2. The Morgan fingerprint density at radius 1 is 0.917 bits per heavy atom. The Morgan fingerprint density at radius 3 is 2.40 bits per heavy atom. The van der Waals surface area contributed by atoms with Crippen LogP contribution in [0.4, 0.5) is 5.69 Å². The summed E-state index contributed by atoms with van der Waals surface area (Å²) < 4.78 is 0. The highest BCUT2D eigenvalue weighted by molar-refractivity contribution is 6.30. The van der Waals surface area contributed by atoms with Gasteiger partial charge in [0.1, 0.15) is 6.04 Å². The number of hydrogen-bond donors (Lipinski definition) is 2. The minimum absolute atomic E-state index is 0.0691. The molecule has 0 spiro atoms. The van der Waals surface area contributed by atoms with Gasteiger partial charge in [0.2, 0.25) is 5.91 Å². The summed E-state index contributed by atoms with van der Waals surface area (Å²) in [6.45, 7) is 9.54. The summed E-state index contributed by atoms with van der Waals surface area (Å²) in [5, 5.41) is 8.56. The van der Waals surface area contributed by atoms with Crippen LogP contribution in [0.15, 0.2) is 85.1 Å². The van der Waals surface area contributed by atoms with Crippen LogP contribution in [0.1, 0.15) is 74.0 Å². The summed E-state index contributed by atoms with van der Waals surface area (Å²) in [5.41, 5.74) is 4.80. The van der Waals surface area contributed by atoms with Crippen molar-refractivity contribution in [2.45, 2.75) is 71.0 Å². The minimum Gasteiger partial charge on any atom is -0.368 e. The highest BCUT2D eigenvalue weighted by atomic mass is 35.5. The van der Waals surface area contributed by atoms with Gasteiger partial charge in [0, 0.05) is 72.5 Å². The number of fused-ring (bicyclic) bond motifs is 1. The molecule has 6 rings (SSSR count). The zero-order valence-corrected chi connectivity index (χ0v) is 29.1. The first-order valence-corrected chi connectivity index (χ1v) is 17.9. The van der Waals surface area contributed by atoms with Gasteiger partial charge in [0.15, 0.2) is 0 Å². The highest BCUT2D eigenvalue weighted by Gasteiger charge is 2.31. The third-order valence-electron chi connectivity index (χ3n) is 9.71. The van der Waals surface area contributed by atoms with Crippen molar-refractivity contribution in [1.82, 2.24) is 20.5 Å². The van der Waals surface area contributed by atoms with E-state index in [2.05, 4.69) is 65.6 Å². The molecule has 1 aromatic heterocycles. The number of carbonyl (C=O) groups is 2. The van der Waals surface area contributed by atoms with E-state index in [4.69, 9.17) is 11.6 Å². The lowest BCUT2D eigenvalue weighted by Crippen LogP contribution is -2.55. The summed E-state index contributed by atoms with van der Waals surface area (Å²) >= 11 is 6.15. The monoisotopic (exact) mass is 665 g/mol. The predicted octanol–water partition coefficient (Wildman–Crippen LogP) is 7.44. The van der Waals surface area contributed by atoms with Gasteiger partial charge < -0.3 is 20.4 Å². The van der Waals surface area contributed by atoms with Crippen LogP contribution in [0.3, 0.4) is 0 Å². The van der Waals surface area contributed by atoms with Crippen LogP contribution >= 0.6 is 11.6 Å². The second-order valence-corrected chi connectivity index (χ2v) is 14.5. The molecule has 48 heavy (non-hydrogen) atoms. The molecule has 3 unspecified atom stereocenters. The van der Waals surface area contributed by atoms with E-state index in [0.717, 1.165) is 35.5 Å². The first kappa shape index (κ1) is 33.9. The van der Waals surface area contributed by atoms with Gasteiger partial charge in [0.25, 0.3) is 5.91 Å². The fourth-order valence-electron chi connectivity index (χ4n) is 7.05. The lowest BCUT2D eigenvalue weighted by atomic mass is 9.96. The third kappa shape index (κ3) is 8.74. The number of anilines is 1. The van der Waals surface area contributed by atoms with Crippen molar-refractivity contribution in [3.8, 4) is 0 Å². The minimum atomic E-state index is -0.712. The van der Waals surface area contributed by atoms with Crippen molar-refractivity contribution >= 4 is 40.0 Å². The zero-order valence-electron chi connectivity index (χ0n) is 28.4. The lowest BCUT2D eigenvalue weighted by Gasteiger charge is -2.39. The maximum atomic E-state index is 14.1. The largest absolute Gasteiger partial charge is 0.368 e. The Balaban J connectivity index is 1.14. The number of halogens is 1. The summed E-state index contributed by atoms with van der Waals surface area (Å²) in [6, 6.07) is 25.4. The van der Waals surface area contributed by atoms with Gasteiger partial charge in [-0.1, -0.05) is 74.7 Å². The van der Waals surface area contributed by atoms with Gasteiger partial charge in [-0.15, -0.1) is 0 Å². The molecule has 2 N–H and O–H groups in total. The number of pyridine rings is 1. The molecule has 2 heterocycles. The number of hydrogen-bond acceptors (Lipinski definition) is 5. The molecule has 4 aromatic rings. The van der Waals surface area contributed by atoms with Crippen molar-refractivity contribution in [2.75, 3.05) is 31.1 Å². The van der Waals surface area contributed by atoms with Gasteiger partial charge in [0.05, 0.1) is 5.52 Å². The fraction of sp³-hybridized carbons (Fsp3) is 0.425. The van der Waals surface area contributed by atoms with Gasteiger partial charge in [-0.3, -0.25) is 14.6 Å². The van der Waals surface area contributed by atoms with Crippen LogP contribution in [0.5, 0.6) is 0 Å². The van der Waals surface area contributed by atoms with Crippen LogP contribution in [0, 0.1) is 11.8 Å². The van der Waals surface area contributed by atoms with E-state index >= 15 is 0 Å². The van der Waals surface area contributed by atoms with Crippen molar-refractivity contribution < 1.29 is 9.59 Å². The van der Waals surface area contributed by atoms with E-state index in [1.807, 2.05) is 53.4 Å². The first-order chi connectivity index (χ1) is 23.2. The Hall–Kier alpha value is -3.94. The molecule has 2 amide bonds. The average Bonchev–Trinajstić information content (AvgIpc) is 3.92. The number of benzene rings is 3. The molecule has 1 saturated heterocycles. The average molecular weight is 666 g/mol. The molecular weight excluding hydrogens is 618 g/mol. The number of amides is 2. The highest BCUT2D eigenvalue weighted by Crippen LogP contribution is 2.36. The molecule has 1 aliphatic heterocycles. The number of piperazine rings is 1. The number of aromatic nitrogens is 1. The first-order valence-electron chi connectivity index (χ1n) is 17.5. The van der Waals surface area contributed by atoms with Crippen LogP contribution in [-0.4, -0.2) is 60.0 Å². The normalized spacial score (nSPS) is 16.9. The van der Waals surface area contributed by atoms with Crippen LogP contribution in [0.2, 0.25) is 5.02 Å². The molecule has 0 bridgehead atoms. The van der Waals surface area contributed by atoms with Crippen LogP contribution in [0.25, 0.3) is 10.9 Å². The summed E-state index contributed by atoms with van der Waals surface area (Å²) in [6.07, 6.45) is 7.30. The number of carbonyl (C=O) groups excluding carboxylic acids is 2. The number of nitrogens with one attached hydrogen (secondary N) is 2. The molecule has 2 aliphatic rings. The second-order valence-electron chi connectivity index (χ2n) is 14.0. The Kier molecular flexibility index (Phi) is 11.0. The van der Waals surface area contributed by atoms with Crippen LogP contribution < -0.4 is 15.5 Å². The molecule has 3 atom stereocenters. The summed E-state index contributed by atoms with van der Waals surface area (Å²) in [4.78, 5) is 36.3. The van der Waals surface area contributed by atoms with E-state index in [0.29, 0.717) is 42.1 Å². The molecule has 8 heteroatoms. The topological polar surface area (TPSA) is 77.6 Å². The van der Waals surface area contributed by atoms with Crippen molar-refractivity contribution in [1.29, 1.82) is 0 Å². The van der Waals surface area contributed by atoms with E-state index < -0.39 is 6.04 Å². The lowest BCUT2D eigenvalue weighted by molar-refractivity contribution is -0.133. The number of nitrogens with zero attached hydrogens (tertiary/aromatic N) is 3. The smallest absolute Gasteiger partial charge is 0.251 e. The molecule has 1 saturated carbocycles. The molecule has 252 valence electrons. The fourth-order valence-corrected chi connectivity index (χ4v) is 7.17. The second kappa shape index (κ2) is 15.5. The van der Waals surface area contributed by atoms with Crippen molar-refractivity contribution in [3.05, 3.63) is 107 Å². The SMILES string of the molecule is CC(C)CC(CC1CC1)NC(C)c1ccccc1N1CCN(C(=O)C(Cc2ccc(Cl)cc2)NC(=O)c2ccc3ncccc3c2)CC1. The van der Waals surface area contributed by atoms with Crippen molar-refractivity contribution in [2.24, 2.45) is 11.8 Å². The van der Waals surface area contributed by atoms with Gasteiger partial charge in [-0.05, 0) is 85.2 Å². The Bertz CT molecular complexity index is 1690. The predicted molar refractivity (Wildman–Crippen MR) is 196 cm³/mol. The van der Waals surface area contributed by atoms with E-state index in [-0.39, 0.29) is 17.9 Å². The third-order valence-corrected chi connectivity index (χ3v) is 9.97. The summed E-state index contributed by atoms with van der Waals surface area (Å²) in [7, 11) is 0. The van der Waals surface area contributed by atoms with Gasteiger partial charge in [-0.25, -0.2) is 0 Å². The van der Waals surface area contributed by atoms with Crippen molar-refractivity contribution in [3.63, 3.8) is 0 Å². The molecule has 7 nitrogen and oxygen atoms in total. The molecule has 2 fully saturated rings. The Labute approximate surface area is 290 Å². The zero-order chi connectivity index (χ0) is 33.6. The number of para-hydroxylation sites is 1. The Morgan fingerprint density at radius 2 is 1.67 bits per heavy atom. The maximum absolute atomic E-state index is 14.1. The van der Waals surface area contributed by atoms with E-state index in [9.17, 15) is 9.59 Å². The van der Waals surface area contributed by atoms with E-state index in [1.165, 1.54) is 36.9 Å². The summed E-state index contributed by atoms with van der Waals surface area (Å²) in [5.74, 6) is 1.19. The quantitative estimate of drug-likeness (QED) is 0.155. The molecule has 1 aliphatic carbocycles. The maximum Gasteiger partial charge on any atom is 0.251 e.